The predicted molar refractivity (Wildman–Crippen MR) is 113 cm³/mol. The molecule has 0 atom stereocenters. The van der Waals surface area contributed by atoms with Gasteiger partial charge in [0.25, 0.3) is 5.91 Å². The Labute approximate surface area is 172 Å². The van der Waals surface area contributed by atoms with Crippen molar-refractivity contribution in [2.75, 3.05) is 11.9 Å². The fraction of sp³-hybridized carbons (Fsp3) is 0.125. The summed E-state index contributed by atoms with van der Waals surface area (Å²) in [5.41, 5.74) is 2.49. The van der Waals surface area contributed by atoms with E-state index in [1.165, 1.54) is 6.92 Å². The molecular weight excluding hydrogens is 382 g/mol. The van der Waals surface area contributed by atoms with Crippen LogP contribution in [0.4, 0.5) is 5.69 Å². The van der Waals surface area contributed by atoms with Gasteiger partial charge in [0.2, 0.25) is 0 Å². The number of nitrogens with one attached hydrogen (secondary N) is 1. The summed E-state index contributed by atoms with van der Waals surface area (Å²) in [6, 6.07) is 18.2. The molecule has 6 heteroatoms. The fourth-order valence-corrected chi connectivity index (χ4v) is 3.34. The first-order valence-corrected chi connectivity index (χ1v) is 9.45. The first-order valence-electron chi connectivity index (χ1n) is 9.45. The Morgan fingerprint density at radius 1 is 0.967 bits per heavy atom. The normalized spacial score (nSPS) is 10.8. The highest BCUT2D eigenvalue weighted by Crippen LogP contribution is 2.30. The summed E-state index contributed by atoms with van der Waals surface area (Å²) in [6.45, 7) is 1.07. The molecule has 0 aliphatic carbocycles. The number of esters is 1. The summed E-state index contributed by atoms with van der Waals surface area (Å²) in [5, 5.41) is 5.56. The van der Waals surface area contributed by atoms with E-state index >= 15 is 0 Å². The molecule has 1 amide bonds. The van der Waals surface area contributed by atoms with Crippen LogP contribution in [-0.4, -0.2) is 24.3 Å². The Balaban J connectivity index is 1.38. The second-order valence-electron chi connectivity index (χ2n) is 6.94. The minimum atomic E-state index is -0.521. The standard InChI is InChI=1S/C24H19NO5/c1-15(26)16-6-9-19(10-7-16)25-22(27)14-30-23(28)12-18-13-29-21-11-8-17-4-2-3-5-20(17)24(18)21/h2-11,13H,12,14H2,1H3,(H,25,27). The van der Waals surface area contributed by atoms with Gasteiger partial charge in [-0.2, -0.15) is 0 Å². The number of ether oxygens (including phenoxy) is 1. The Bertz CT molecular complexity index is 1250. The molecule has 0 aliphatic rings. The van der Waals surface area contributed by atoms with Gasteiger partial charge in [-0.05, 0) is 48.0 Å². The number of amides is 1. The van der Waals surface area contributed by atoms with Crippen LogP contribution in [0.5, 0.6) is 0 Å². The van der Waals surface area contributed by atoms with E-state index in [1.807, 2.05) is 36.4 Å². The van der Waals surface area contributed by atoms with Gasteiger partial charge in [0.1, 0.15) is 5.58 Å². The van der Waals surface area contributed by atoms with Crippen LogP contribution in [0.25, 0.3) is 21.7 Å². The summed E-state index contributed by atoms with van der Waals surface area (Å²) in [7, 11) is 0. The maximum atomic E-state index is 12.3. The zero-order chi connectivity index (χ0) is 21.1. The molecule has 0 bridgehead atoms. The number of Topliss-reactive ketones (excluding diaryl/α,β-unsaturated/α-hetero) is 1. The number of furan rings is 1. The van der Waals surface area contributed by atoms with Crippen molar-refractivity contribution in [2.24, 2.45) is 0 Å². The van der Waals surface area contributed by atoms with Crippen molar-refractivity contribution >= 4 is 45.1 Å². The highest BCUT2D eigenvalue weighted by Gasteiger charge is 2.15. The highest BCUT2D eigenvalue weighted by atomic mass is 16.5. The second-order valence-corrected chi connectivity index (χ2v) is 6.94. The van der Waals surface area contributed by atoms with E-state index in [-0.39, 0.29) is 12.2 Å². The molecule has 0 saturated carbocycles. The van der Waals surface area contributed by atoms with Crippen molar-refractivity contribution < 1.29 is 23.5 Å². The molecule has 1 N–H and O–H groups in total. The zero-order valence-electron chi connectivity index (χ0n) is 16.3. The van der Waals surface area contributed by atoms with Crippen LogP contribution >= 0.6 is 0 Å². The predicted octanol–water partition coefficient (Wildman–Crippen LogP) is 4.51. The van der Waals surface area contributed by atoms with E-state index in [0.29, 0.717) is 22.4 Å². The fourth-order valence-electron chi connectivity index (χ4n) is 3.34. The minimum absolute atomic E-state index is 0.00158. The third-order valence-corrected chi connectivity index (χ3v) is 4.81. The lowest BCUT2D eigenvalue weighted by atomic mass is 10.0. The monoisotopic (exact) mass is 401 g/mol. The smallest absolute Gasteiger partial charge is 0.310 e. The zero-order valence-corrected chi connectivity index (χ0v) is 16.3. The molecule has 0 aliphatic heterocycles. The largest absolute Gasteiger partial charge is 0.464 e. The number of carbonyl (C=O) groups is 3. The van der Waals surface area contributed by atoms with Crippen LogP contribution in [0.1, 0.15) is 22.8 Å². The van der Waals surface area contributed by atoms with Gasteiger partial charge in [0.15, 0.2) is 12.4 Å². The minimum Gasteiger partial charge on any atom is -0.464 e. The van der Waals surface area contributed by atoms with Gasteiger partial charge in [0, 0.05) is 22.2 Å². The van der Waals surface area contributed by atoms with Crippen LogP contribution in [0.2, 0.25) is 0 Å². The molecule has 1 heterocycles. The van der Waals surface area contributed by atoms with Gasteiger partial charge in [-0.3, -0.25) is 14.4 Å². The number of rotatable bonds is 6. The molecule has 4 rings (SSSR count). The van der Waals surface area contributed by atoms with E-state index in [0.717, 1.165) is 16.2 Å². The summed E-state index contributed by atoms with van der Waals surface area (Å²) in [4.78, 5) is 35.6. The number of fused-ring (bicyclic) bond motifs is 3. The maximum Gasteiger partial charge on any atom is 0.310 e. The average Bonchev–Trinajstić information content (AvgIpc) is 3.16. The molecule has 6 nitrogen and oxygen atoms in total. The SMILES string of the molecule is CC(=O)c1ccc(NC(=O)COC(=O)Cc2coc3ccc4ccccc4c23)cc1. The first kappa shape index (κ1) is 19.4. The van der Waals surface area contributed by atoms with Crippen LogP contribution in [0.15, 0.2) is 71.3 Å². The van der Waals surface area contributed by atoms with Crippen LogP contribution < -0.4 is 5.32 Å². The van der Waals surface area contributed by atoms with Crippen molar-refractivity contribution in [3.8, 4) is 0 Å². The molecule has 0 spiro atoms. The third kappa shape index (κ3) is 4.07. The van der Waals surface area contributed by atoms with Gasteiger partial charge in [-0.15, -0.1) is 0 Å². The van der Waals surface area contributed by atoms with Crippen LogP contribution in [0, 0.1) is 0 Å². The van der Waals surface area contributed by atoms with Gasteiger partial charge in [0.05, 0.1) is 12.7 Å². The Morgan fingerprint density at radius 2 is 1.73 bits per heavy atom. The van der Waals surface area contributed by atoms with Gasteiger partial charge >= 0.3 is 5.97 Å². The van der Waals surface area contributed by atoms with Crippen LogP contribution in [0.3, 0.4) is 0 Å². The topological polar surface area (TPSA) is 85.6 Å². The molecule has 4 aromatic rings. The lowest BCUT2D eigenvalue weighted by molar-refractivity contribution is -0.146. The lowest BCUT2D eigenvalue weighted by Crippen LogP contribution is -2.21. The highest BCUT2D eigenvalue weighted by molar-refractivity contribution is 6.08. The number of benzene rings is 3. The van der Waals surface area contributed by atoms with E-state index in [4.69, 9.17) is 9.15 Å². The molecule has 0 fully saturated rings. The van der Waals surface area contributed by atoms with Crippen molar-refractivity contribution in [2.45, 2.75) is 13.3 Å². The molecular formula is C24H19NO5. The third-order valence-electron chi connectivity index (χ3n) is 4.81. The maximum absolute atomic E-state index is 12.3. The van der Waals surface area contributed by atoms with Gasteiger partial charge in [-0.1, -0.05) is 30.3 Å². The number of hydrogen-bond acceptors (Lipinski definition) is 5. The second kappa shape index (κ2) is 8.21. The number of ketones is 1. The first-order chi connectivity index (χ1) is 14.5. The summed E-state index contributed by atoms with van der Waals surface area (Å²) in [5.74, 6) is -1.03. The van der Waals surface area contributed by atoms with Gasteiger partial charge in [-0.25, -0.2) is 0 Å². The average molecular weight is 401 g/mol. The molecule has 0 unspecified atom stereocenters. The number of anilines is 1. The number of hydrogen-bond donors (Lipinski definition) is 1. The molecule has 0 saturated heterocycles. The Kier molecular flexibility index (Phi) is 5.30. The quantitative estimate of drug-likeness (QED) is 0.379. The summed E-state index contributed by atoms with van der Waals surface area (Å²) < 4.78 is 10.7. The Morgan fingerprint density at radius 3 is 2.50 bits per heavy atom. The summed E-state index contributed by atoms with van der Waals surface area (Å²) >= 11 is 0. The number of carbonyl (C=O) groups excluding carboxylic acids is 3. The molecule has 150 valence electrons. The van der Waals surface area contributed by atoms with Gasteiger partial charge < -0.3 is 14.5 Å². The van der Waals surface area contributed by atoms with E-state index in [2.05, 4.69) is 5.32 Å². The molecule has 3 aromatic carbocycles. The van der Waals surface area contributed by atoms with Crippen molar-refractivity contribution in [3.05, 3.63) is 78.1 Å². The summed E-state index contributed by atoms with van der Waals surface area (Å²) in [6.07, 6.45) is 1.55. The molecule has 30 heavy (non-hydrogen) atoms. The lowest BCUT2D eigenvalue weighted by Gasteiger charge is -2.07. The van der Waals surface area contributed by atoms with Crippen molar-refractivity contribution in [1.82, 2.24) is 0 Å². The van der Waals surface area contributed by atoms with E-state index < -0.39 is 18.5 Å². The van der Waals surface area contributed by atoms with Crippen molar-refractivity contribution in [3.63, 3.8) is 0 Å². The Hall–Kier alpha value is -3.93. The van der Waals surface area contributed by atoms with E-state index in [9.17, 15) is 14.4 Å². The van der Waals surface area contributed by atoms with Crippen molar-refractivity contribution in [1.29, 1.82) is 0 Å². The van der Waals surface area contributed by atoms with Crippen LogP contribution in [-0.2, 0) is 20.7 Å². The van der Waals surface area contributed by atoms with E-state index in [1.54, 1.807) is 30.5 Å². The molecule has 0 radical (unpaired) electrons. The molecule has 1 aromatic heterocycles.